The van der Waals surface area contributed by atoms with E-state index < -0.39 is 0 Å². The molecule has 0 saturated carbocycles. The fourth-order valence-electron chi connectivity index (χ4n) is 7.93. The van der Waals surface area contributed by atoms with Gasteiger partial charge >= 0.3 is 5.63 Å². The third-order valence-electron chi connectivity index (χ3n) is 11.0. The Labute approximate surface area is 262 Å². The zero-order chi connectivity index (χ0) is 30.8. The summed E-state index contributed by atoms with van der Waals surface area (Å²) in [6.07, 6.45) is 3.04. The molecular formula is C39H40N2O2S. The van der Waals surface area contributed by atoms with E-state index in [0.29, 0.717) is 5.56 Å². The largest absolute Gasteiger partial charge is 0.422 e. The first-order valence-corrected chi connectivity index (χ1v) is 16.9. The van der Waals surface area contributed by atoms with Crippen molar-refractivity contribution in [3.63, 3.8) is 0 Å². The molecule has 4 aromatic carbocycles. The first kappa shape index (κ1) is 27.8. The van der Waals surface area contributed by atoms with E-state index in [2.05, 4.69) is 108 Å². The third kappa shape index (κ3) is 3.74. The van der Waals surface area contributed by atoms with Crippen LogP contribution in [0.4, 0.5) is 5.69 Å². The molecular weight excluding hydrogens is 561 g/mol. The lowest BCUT2D eigenvalue weighted by molar-refractivity contribution is 0.398. The van der Waals surface area contributed by atoms with Crippen LogP contribution in [0.2, 0.25) is 0 Å². The van der Waals surface area contributed by atoms with Gasteiger partial charge in [-0.05, 0) is 63.5 Å². The Morgan fingerprint density at radius 2 is 1.50 bits per heavy atom. The Morgan fingerprint density at radius 3 is 2.18 bits per heavy atom. The summed E-state index contributed by atoms with van der Waals surface area (Å²) in [5, 5.41) is 6.53. The number of anilines is 1. The minimum atomic E-state index is -0.277. The van der Waals surface area contributed by atoms with Gasteiger partial charge in [-0.25, -0.2) is 9.78 Å². The smallest absolute Gasteiger partial charge is 0.346 e. The van der Waals surface area contributed by atoms with Crippen molar-refractivity contribution in [2.75, 3.05) is 18.0 Å². The van der Waals surface area contributed by atoms with Crippen LogP contribution in [0.5, 0.6) is 0 Å². The molecule has 6 aromatic rings. The average Bonchev–Trinajstić information content (AvgIpc) is 3.44. The number of hydrogen-bond donors (Lipinski definition) is 0. The van der Waals surface area contributed by atoms with Crippen molar-refractivity contribution in [3.8, 4) is 10.6 Å². The van der Waals surface area contributed by atoms with Gasteiger partial charge in [0.2, 0.25) is 0 Å². The van der Waals surface area contributed by atoms with Crippen LogP contribution in [0, 0.1) is 0 Å². The molecule has 0 radical (unpaired) electrons. The lowest BCUT2D eigenvalue weighted by Crippen LogP contribution is -2.45. The fraction of sp³-hybridized carbons (Fsp3) is 0.385. The van der Waals surface area contributed by atoms with Gasteiger partial charge in [0, 0.05) is 40.5 Å². The van der Waals surface area contributed by atoms with Crippen molar-refractivity contribution in [2.24, 2.45) is 0 Å². The molecule has 0 unspecified atom stereocenters. The van der Waals surface area contributed by atoms with Crippen molar-refractivity contribution in [1.29, 1.82) is 0 Å². The maximum atomic E-state index is 14.5. The summed E-state index contributed by atoms with van der Waals surface area (Å²) in [7, 11) is 0. The molecule has 0 bridgehead atoms. The highest BCUT2D eigenvalue weighted by atomic mass is 32.1. The molecule has 44 heavy (non-hydrogen) atoms. The van der Waals surface area contributed by atoms with Gasteiger partial charge in [-0.3, -0.25) is 0 Å². The molecule has 0 spiro atoms. The lowest BCUT2D eigenvalue weighted by Gasteiger charge is -2.48. The van der Waals surface area contributed by atoms with Gasteiger partial charge in [0.05, 0.1) is 10.2 Å². The van der Waals surface area contributed by atoms with Crippen molar-refractivity contribution < 1.29 is 4.42 Å². The van der Waals surface area contributed by atoms with Crippen LogP contribution in [-0.4, -0.2) is 18.1 Å². The predicted molar refractivity (Wildman–Crippen MR) is 187 cm³/mol. The Kier molecular flexibility index (Phi) is 5.80. The number of thiazole rings is 1. The second-order valence-corrected chi connectivity index (χ2v) is 15.9. The van der Waals surface area contributed by atoms with Crippen molar-refractivity contribution in [2.45, 2.75) is 84.0 Å². The van der Waals surface area contributed by atoms with Crippen LogP contribution >= 0.6 is 11.3 Å². The second-order valence-electron chi connectivity index (χ2n) is 14.9. The van der Waals surface area contributed by atoms with Crippen LogP contribution in [-0.2, 0) is 16.2 Å². The van der Waals surface area contributed by atoms with E-state index in [1.807, 2.05) is 0 Å². The molecule has 224 valence electrons. The molecule has 0 fully saturated rings. The summed E-state index contributed by atoms with van der Waals surface area (Å²) in [4.78, 5) is 22.3. The summed E-state index contributed by atoms with van der Waals surface area (Å²) < 4.78 is 7.68. The van der Waals surface area contributed by atoms with E-state index in [4.69, 9.17) is 9.40 Å². The van der Waals surface area contributed by atoms with E-state index in [1.54, 1.807) is 11.3 Å². The van der Waals surface area contributed by atoms with Gasteiger partial charge in [0.25, 0.3) is 0 Å². The highest BCUT2D eigenvalue weighted by Crippen LogP contribution is 2.54. The molecule has 0 atom stereocenters. The Balaban J connectivity index is 1.54. The minimum absolute atomic E-state index is 0.0276. The Hall–Kier alpha value is -3.70. The minimum Gasteiger partial charge on any atom is -0.422 e. The summed E-state index contributed by atoms with van der Waals surface area (Å²) in [5.41, 5.74) is 6.71. The molecule has 0 aliphatic carbocycles. The Bertz CT molecular complexity index is 2160. The summed E-state index contributed by atoms with van der Waals surface area (Å²) in [5.74, 6) is 0. The normalized spacial score (nSPS) is 17.6. The van der Waals surface area contributed by atoms with Crippen LogP contribution in [0.25, 0.3) is 53.3 Å². The second kappa shape index (κ2) is 9.17. The number of nitrogens with zero attached hydrogens (tertiary/aromatic N) is 2. The highest BCUT2D eigenvalue weighted by Gasteiger charge is 2.43. The Morgan fingerprint density at radius 1 is 0.886 bits per heavy atom. The monoisotopic (exact) mass is 600 g/mol. The number of hydrogen-bond acceptors (Lipinski definition) is 5. The van der Waals surface area contributed by atoms with Gasteiger partial charge in [-0.15, -0.1) is 11.3 Å². The summed E-state index contributed by atoms with van der Waals surface area (Å²) in [6.45, 7) is 18.3. The van der Waals surface area contributed by atoms with E-state index in [9.17, 15) is 4.79 Å². The van der Waals surface area contributed by atoms with E-state index in [0.717, 1.165) is 69.5 Å². The zero-order valence-electron chi connectivity index (χ0n) is 26.9. The van der Waals surface area contributed by atoms with E-state index in [1.165, 1.54) is 33.0 Å². The van der Waals surface area contributed by atoms with Gasteiger partial charge in [0.15, 0.2) is 0 Å². The average molecular weight is 601 g/mol. The van der Waals surface area contributed by atoms with E-state index in [-0.39, 0.29) is 21.9 Å². The SMILES string of the molecule is CCC(C)(C)c1c(-c2nc3c4ccccc4c4ccccc4c3s2)c(=O)oc2c3c4c(cc12)C(C)(C)CCN4CCC3(C)C. The number of benzene rings is 4. The molecule has 0 N–H and O–H groups in total. The highest BCUT2D eigenvalue weighted by molar-refractivity contribution is 7.22. The van der Waals surface area contributed by atoms with Gasteiger partial charge in [-0.2, -0.15) is 0 Å². The number of aromatic nitrogens is 1. The first-order valence-electron chi connectivity index (χ1n) is 16.1. The third-order valence-corrected chi connectivity index (χ3v) is 12.1. The summed E-state index contributed by atoms with van der Waals surface area (Å²) in [6, 6.07) is 19.4. The number of rotatable bonds is 3. The molecule has 0 saturated heterocycles. The van der Waals surface area contributed by atoms with E-state index >= 15 is 0 Å². The quantitative estimate of drug-likeness (QED) is 0.150. The molecule has 2 aliphatic heterocycles. The van der Waals surface area contributed by atoms with Crippen molar-refractivity contribution in [1.82, 2.24) is 4.98 Å². The van der Waals surface area contributed by atoms with Crippen LogP contribution in [0.1, 0.15) is 84.4 Å². The molecule has 4 heterocycles. The molecule has 4 nitrogen and oxygen atoms in total. The maximum Gasteiger partial charge on any atom is 0.346 e. The van der Waals surface area contributed by atoms with Gasteiger partial charge in [-0.1, -0.05) is 97.0 Å². The van der Waals surface area contributed by atoms with Crippen LogP contribution < -0.4 is 10.5 Å². The molecule has 5 heteroatoms. The van der Waals surface area contributed by atoms with Crippen molar-refractivity contribution in [3.05, 3.63) is 81.7 Å². The van der Waals surface area contributed by atoms with Crippen LogP contribution in [0.3, 0.4) is 0 Å². The maximum absolute atomic E-state index is 14.5. The standard InChI is InChI=1S/C39H40N2O2S/c1-8-37(2,3)29-26-21-27-32-30(39(6,7)18-20-41(32)19-17-38(27,4)5)33(26)43-36(42)28(29)35-40-31-24-15-11-9-13-22(24)23-14-10-12-16-25(23)34(31)44-35/h9-16,21H,8,17-20H2,1-7H3. The molecule has 0 amide bonds. The lowest BCUT2D eigenvalue weighted by atomic mass is 9.68. The van der Waals surface area contributed by atoms with Crippen molar-refractivity contribution >= 4 is 59.8 Å². The molecule has 2 aromatic heterocycles. The zero-order valence-corrected chi connectivity index (χ0v) is 27.7. The first-order chi connectivity index (χ1) is 20.9. The fourth-order valence-corrected chi connectivity index (χ4v) is 9.09. The van der Waals surface area contributed by atoms with Gasteiger partial charge in [0.1, 0.15) is 16.2 Å². The summed E-state index contributed by atoms with van der Waals surface area (Å²) >= 11 is 1.63. The topological polar surface area (TPSA) is 46.3 Å². The van der Waals surface area contributed by atoms with Gasteiger partial charge < -0.3 is 9.32 Å². The molecule has 2 aliphatic rings. The van der Waals surface area contributed by atoms with Crippen LogP contribution in [0.15, 0.2) is 63.8 Å². The molecule has 8 rings (SSSR count). The predicted octanol–water partition coefficient (Wildman–Crippen LogP) is 10.2. The number of fused-ring (bicyclic) bond motifs is 8.